The number of nitrogens with zero attached hydrogens (tertiary/aromatic N) is 2. The minimum Gasteiger partial charge on any atom is -0.393 e. The van der Waals surface area contributed by atoms with Gasteiger partial charge in [0.15, 0.2) is 6.29 Å². The van der Waals surface area contributed by atoms with E-state index in [1.165, 1.54) is 25.7 Å². The van der Waals surface area contributed by atoms with Gasteiger partial charge in [-0.1, -0.05) is 34.6 Å². The van der Waals surface area contributed by atoms with Crippen LogP contribution in [0.4, 0.5) is 0 Å². The SMILES string of the molecule is COC(C[C@@H](C)[C@H]1C[C@H](O)[C@@]2(C)C3CC[C@H]4C(C)(C)C(OC5CCN(C(=O)c6ccncc6)CCO5)CCC45CC35CCC12C)C(O)C(C)(C)O. The van der Waals surface area contributed by atoms with Gasteiger partial charge in [0, 0.05) is 50.0 Å². The number of aliphatic hydroxyl groups is 3. The van der Waals surface area contributed by atoms with Gasteiger partial charge in [-0.3, -0.25) is 9.78 Å². The van der Waals surface area contributed by atoms with Crippen molar-refractivity contribution in [3.8, 4) is 0 Å². The summed E-state index contributed by atoms with van der Waals surface area (Å²) in [5.41, 5.74) is -0.165. The Morgan fingerprint density at radius 2 is 1.73 bits per heavy atom. The summed E-state index contributed by atoms with van der Waals surface area (Å²) in [6.45, 7) is 17.0. The Balaban J connectivity index is 1.04. The second kappa shape index (κ2) is 13.0. The van der Waals surface area contributed by atoms with Gasteiger partial charge in [0.25, 0.3) is 5.91 Å². The molecule has 6 fully saturated rings. The zero-order chi connectivity index (χ0) is 36.8. The van der Waals surface area contributed by atoms with E-state index in [-0.39, 0.29) is 52.0 Å². The van der Waals surface area contributed by atoms with Gasteiger partial charge >= 0.3 is 0 Å². The second-order valence-corrected chi connectivity index (χ2v) is 19.4. The van der Waals surface area contributed by atoms with E-state index in [0.717, 1.165) is 25.7 Å². The van der Waals surface area contributed by atoms with Crippen molar-refractivity contribution in [1.82, 2.24) is 9.88 Å². The number of rotatable bonds is 9. The van der Waals surface area contributed by atoms with Crippen LogP contribution in [0.3, 0.4) is 0 Å². The number of hydrogen-bond donors (Lipinski definition) is 3. The summed E-state index contributed by atoms with van der Waals surface area (Å²) in [4.78, 5) is 19.1. The second-order valence-electron chi connectivity index (χ2n) is 19.4. The maximum absolute atomic E-state index is 13.1. The summed E-state index contributed by atoms with van der Waals surface area (Å²) in [6.07, 6.45) is 11.6. The van der Waals surface area contributed by atoms with Gasteiger partial charge in [0.2, 0.25) is 0 Å². The van der Waals surface area contributed by atoms with Crippen molar-refractivity contribution in [2.24, 2.45) is 50.7 Å². The third-order valence-electron chi connectivity index (χ3n) is 16.7. The number of pyridine rings is 1. The summed E-state index contributed by atoms with van der Waals surface area (Å²) >= 11 is 0. The Hall–Kier alpha value is -1.62. The number of amides is 1. The van der Waals surface area contributed by atoms with Gasteiger partial charge in [-0.05, 0) is 129 Å². The number of aliphatic hydroxyl groups excluding tert-OH is 2. The van der Waals surface area contributed by atoms with E-state index in [1.807, 2.05) is 4.90 Å². The van der Waals surface area contributed by atoms with Gasteiger partial charge in [-0.15, -0.1) is 0 Å². The zero-order valence-corrected chi connectivity index (χ0v) is 32.6. The van der Waals surface area contributed by atoms with Crippen LogP contribution in [-0.4, -0.2) is 94.2 Å². The van der Waals surface area contributed by atoms with E-state index >= 15 is 0 Å². The minimum atomic E-state index is -1.24. The Morgan fingerprint density at radius 1 is 1.04 bits per heavy atom. The first kappa shape index (κ1) is 37.7. The van der Waals surface area contributed by atoms with Crippen LogP contribution < -0.4 is 0 Å². The van der Waals surface area contributed by atoms with Gasteiger partial charge in [0.05, 0.1) is 30.5 Å². The highest BCUT2D eigenvalue weighted by molar-refractivity contribution is 5.94. The third-order valence-corrected chi connectivity index (χ3v) is 16.7. The number of carbonyl (C=O) groups is 1. The van der Waals surface area contributed by atoms with E-state index < -0.39 is 17.8 Å². The molecular formula is C42H66N2O7. The maximum Gasteiger partial charge on any atom is 0.254 e. The first-order valence-electron chi connectivity index (χ1n) is 20.0. The molecule has 1 saturated heterocycles. The lowest BCUT2D eigenvalue weighted by Crippen LogP contribution is -2.60. The lowest BCUT2D eigenvalue weighted by Gasteiger charge is -2.64. The van der Waals surface area contributed by atoms with Crippen LogP contribution in [0.2, 0.25) is 0 Å². The molecule has 13 atom stereocenters. The van der Waals surface area contributed by atoms with Crippen LogP contribution in [0, 0.1) is 50.7 Å². The first-order valence-corrected chi connectivity index (χ1v) is 20.0. The summed E-state index contributed by atoms with van der Waals surface area (Å²) in [5, 5.41) is 33.6. The molecule has 2 spiro atoms. The fourth-order valence-corrected chi connectivity index (χ4v) is 13.8. The molecule has 6 aliphatic rings. The smallest absolute Gasteiger partial charge is 0.254 e. The molecule has 1 aromatic heterocycles. The monoisotopic (exact) mass is 710 g/mol. The summed E-state index contributed by atoms with van der Waals surface area (Å²) in [5.74, 6) is 1.65. The number of ether oxygens (including phenoxy) is 3. The number of hydrogen-bond acceptors (Lipinski definition) is 8. The Kier molecular flexibility index (Phi) is 9.61. The Bertz CT molecular complexity index is 1430. The molecule has 5 saturated carbocycles. The van der Waals surface area contributed by atoms with Crippen LogP contribution >= 0.6 is 0 Å². The summed E-state index contributed by atoms with van der Waals surface area (Å²) in [6, 6.07) is 3.54. The van der Waals surface area contributed by atoms with Crippen LogP contribution in [-0.2, 0) is 14.2 Å². The standard InChI is InChI=1S/C42H66N2O7/c1-26(23-29(49-8)35(46)38(4,5)48)28-24-32(45)40(7)31-10-9-30-37(2,3)33(11-15-41(30)25-42(31,41)17-16-39(28,40)6)51-34-14-20-44(21-22-50-34)36(47)27-12-18-43-19-13-27/h12-13,18-19,26,28-35,45-46,48H,9-11,14-17,20-25H2,1-8H3/t26-,28-,29?,30+,31?,32+,33?,34?,35?,39?,40-,41?,42?/m1/s1. The van der Waals surface area contributed by atoms with Crippen molar-refractivity contribution in [1.29, 1.82) is 0 Å². The molecule has 0 aromatic carbocycles. The van der Waals surface area contributed by atoms with Crippen molar-refractivity contribution in [3.05, 3.63) is 30.1 Å². The Labute approximate surface area is 306 Å². The molecule has 1 aromatic rings. The molecule has 9 heteroatoms. The van der Waals surface area contributed by atoms with Crippen LogP contribution in [0.5, 0.6) is 0 Å². The molecule has 8 unspecified atom stereocenters. The van der Waals surface area contributed by atoms with Crippen molar-refractivity contribution in [2.45, 2.75) is 149 Å². The van der Waals surface area contributed by atoms with Crippen LogP contribution in [0.15, 0.2) is 24.5 Å². The van der Waals surface area contributed by atoms with Gasteiger partial charge in [-0.2, -0.15) is 0 Å². The van der Waals surface area contributed by atoms with Crippen molar-refractivity contribution in [3.63, 3.8) is 0 Å². The Morgan fingerprint density at radius 3 is 2.41 bits per heavy atom. The van der Waals surface area contributed by atoms with E-state index in [1.54, 1.807) is 45.5 Å². The number of fused-ring (bicyclic) bond motifs is 2. The third kappa shape index (κ3) is 5.68. The predicted octanol–water partition coefficient (Wildman–Crippen LogP) is 6.24. The average molecular weight is 711 g/mol. The largest absolute Gasteiger partial charge is 0.393 e. The van der Waals surface area contributed by atoms with Crippen molar-refractivity contribution >= 4 is 5.91 Å². The van der Waals surface area contributed by atoms with E-state index in [2.05, 4.69) is 39.6 Å². The van der Waals surface area contributed by atoms with Crippen molar-refractivity contribution < 1.29 is 34.3 Å². The highest BCUT2D eigenvalue weighted by Gasteiger charge is 2.83. The predicted molar refractivity (Wildman–Crippen MR) is 195 cm³/mol. The number of aromatic nitrogens is 1. The molecule has 1 amide bonds. The minimum absolute atomic E-state index is 0.00158. The lowest BCUT2D eigenvalue weighted by atomic mass is 9.41. The first-order chi connectivity index (χ1) is 24.0. The lowest BCUT2D eigenvalue weighted by molar-refractivity contribution is -0.232. The highest BCUT2D eigenvalue weighted by atomic mass is 16.7. The molecule has 7 rings (SSSR count). The highest BCUT2D eigenvalue weighted by Crippen LogP contribution is 2.89. The molecule has 1 aliphatic heterocycles. The van der Waals surface area contributed by atoms with E-state index in [4.69, 9.17) is 14.2 Å². The summed E-state index contributed by atoms with van der Waals surface area (Å²) in [7, 11) is 1.63. The summed E-state index contributed by atoms with van der Waals surface area (Å²) < 4.78 is 18.9. The fraction of sp³-hybridized carbons (Fsp3) is 0.857. The zero-order valence-electron chi connectivity index (χ0n) is 32.6. The quantitative estimate of drug-likeness (QED) is 0.276. The molecule has 5 aliphatic carbocycles. The van der Waals surface area contributed by atoms with Gasteiger partial charge in [0.1, 0.15) is 6.10 Å². The van der Waals surface area contributed by atoms with Crippen LogP contribution in [0.1, 0.15) is 123 Å². The topological polar surface area (TPSA) is 122 Å². The molecule has 3 N–H and O–H groups in total. The molecule has 286 valence electrons. The molecule has 0 radical (unpaired) electrons. The van der Waals surface area contributed by atoms with Gasteiger partial charge < -0.3 is 34.4 Å². The molecule has 2 heterocycles. The molecule has 51 heavy (non-hydrogen) atoms. The normalized spacial score (nSPS) is 43.5. The van der Waals surface area contributed by atoms with Crippen LogP contribution in [0.25, 0.3) is 0 Å². The molecule has 0 bridgehead atoms. The average Bonchev–Trinajstić information content (AvgIpc) is 3.77. The number of carbonyl (C=O) groups excluding carboxylic acids is 1. The van der Waals surface area contributed by atoms with E-state index in [9.17, 15) is 20.1 Å². The van der Waals surface area contributed by atoms with Gasteiger partial charge in [-0.25, -0.2) is 0 Å². The molecule has 9 nitrogen and oxygen atoms in total. The fourth-order valence-electron chi connectivity index (χ4n) is 13.8. The maximum atomic E-state index is 13.1. The number of methoxy groups -OCH3 is 1. The van der Waals surface area contributed by atoms with E-state index in [0.29, 0.717) is 61.3 Å². The molecular weight excluding hydrogens is 644 g/mol. The van der Waals surface area contributed by atoms with Crippen molar-refractivity contribution in [2.75, 3.05) is 26.8 Å².